The molecule has 0 unspecified atom stereocenters. The van der Waals surface area contributed by atoms with Crippen LogP contribution in [0.5, 0.6) is 0 Å². The zero-order chi connectivity index (χ0) is 16.2. The minimum absolute atomic E-state index is 0.111. The van der Waals surface area contributed by atoms with E-state index in [-0.39, 0.29) is 19.1 Å². The number of halogens is 1. The van der Waals surface area contributed by atoms with E-state index >= 15 is 0 Å². The highest BCUT2D eigenvalue weighted by Gasteiger charge is 2.18. The van der Waals surface area contributed by atoms with E-state index in [0.717, 1.165) is 20.9 Å². The molecule has 1 amide bonds. The number of aromatic nitrogens is 1. The highest BCUT2D eigenvalue weighted by Crippen LogP contribution is 2.24. The molecule has 0 radical (unpaired) electrons. The Kier molecular flexibility index (Phi) is 4.69. The fraction of sp³-hybridized carbons (Fsp3) is 0.111. The van der Waals surface area contributed by atoms with Crippen LogP contribution in [0.1, 0.15) is 10.4 Å². The largest absolute Gasteiger partial charge is 0.395 e. The van der Waals surface area contributed by atoms with Gasteiger partial charge in [0.2, 0.25) is 0 Å². The topological polar surface area (TPSA) is 53.4 Å². The Hall–Kier alpha value is -2.24. The molecule has 1 N–H and O–H groups in total. The van der Waals surface area contributed by atoms with E-state index in [1.807, 2.05) is 42.5 Å². The number of carbonyl (C=O) groups excluding carboxylic acids is 1. The average molecular weight is 371 g/mol. The van der Waals surface area contributed by atoms with Crippen LogP contribution < -0.4 is 4.90 Å². The summed E-state index contributed by atoms with van der Waals surface area (Å²) in [5.74, 6) is -0.192. The molecule has 1 aromatic heterocycles. The van der Waals surface area contributed by atoms with Crippen molar-refractivity contribution >= 4 is 38.3 Å². The number of amides is 1. The van der Waals surface area contributed by atoms with Crippen LogP contribution in [0.15, 0.2) is 65.4 Å². The van der Waals surface area contributed by atoms with E-state index < -0.39 is 0 Å². The van der Waals surface area contributed by atoms with Gasteiger partial charge < -0.3 is 10.0 Å². The highest BCUT2D eigenvalue weighted by atomic mass is 79.9. The molecule has 4 nitrogen and oxygen atoms in total. The maximum Gasteiger partial charge on any atom is 0.259 e. The van der Waals surface area contributed by atoms with Gasteiger partial charge in [-0.3, -0.25) is 9.78 Å². The molecule has 0 atom stereocenters. The summed E-state index contributed by atoms with van der Waals surface area (Å²) in [6.07, 6.45) is 3.15. The summed E-state index contributed by atoms with van der Waals surface area (Å²) in [5, 5.41) is 11.5. The summed E-state index contributed by atoms with van der Waals surface area (Å²) in [6, 6.07) is 15.5. The molecule has 0 saturated carbocycles. The number of rotatable bonds is 4. The monoisotopic (exact) mass is 370 g/mol. The number of anilines is 1. The fourth-order valence-electron chi connectivity index (χ4n) is 2.48. The molecule has 1 heterocycles. The summed E-state index contributed by atoms with van der Waals surface area (Å²) in [7, 11) is 0. The summed E-state index contributed by atoms with van der Waals surface area (Å²) in [5.41, 5.74) is 1.23. The van der Waals surface area contributed by atoms with Gasteiger partial charge in [-0.15, -0.1) is 0 Å². The van der Waals surface area contributed by atoms with Gasteiger partial charge in [-0.1, -0.05) is 30.3 Å². The molecule has 0 aliphatic rings. The summed E-state index contributed by atoms with van der Waals surface area (Å²) in [4.78, 5) is 18.4. The van der Waals surface area contributed by atoms with Crippen molar-refractivity contribution in [3.8, 4) is 0 Å². The molecular formula is C18H15BrN2O2. The van der Waals surface area contributed by atoms with Gasteiger partial charge in [0.05, 0.1) is 12.2 Å². The second-order valence-corrected chi connectivity index (χ2v) is 6.02. The second kappa shape index (κ2) is 6.89. The molecule has 2 aromatic carbocycles. The van der Waals surface area contributed by atoms with Crippen molar-refractivity contribution in [2.75, 3.05) is 18.1 Å². The minimum Gasteiger partial charge on any atom is -0.395 e. The van der Waals surface area contributed by atoms with Gasteiger partial charge in [-0.2, -0.15) is 0 Å². The van der Waals surface area contributed by atoms with Crippen LogP contribution in [-0.2, 0) is 0 Å². The molecule has 23 heavy (non-hydrogen) atoms. The quantitative estimate of drug-likeness (QED) is 0.762. The van der Waals surface area contributed by atoms with Gasteiger partial charge in [-0.05, 0) is 44.9 Å². The summed E-state index contributed by atoms with van der Waals surface area (Å²) < 4.78 is 0.741. The van der Waals surface area contributed by atoms with Gasteiger partial charge in [0.25, 0.3) is 5.91 Å². The Morgan fingerprint density at radius 3 is 2.61 bits per heavy atom. The standard InChI is InChI=1S/C18H15BrN2O2/c19-16-9-15(11-20-12-16)18(23)21(7-8-22)17-6-5-13-3-1-2-4-14(13)10-17/h1-6,9-12,22H,7-8H2. The van der Waals surface area contributed by atoms with Crippen molar-refractivity contribution in [1.29, 1.82) is 0 Å². The first-order chi connectivity index (χ1) is 11.2. The van der Waals surface area contributed by atoms with Gasteiger partial charge in [-0.25, -0.2) is 0 Å². The maximum atomic E-state index is 12.8. The van der Waals surface area contributed by atoms with Crippen LogP contribution in [0.25, 0.3) is 10.8 Å². The lowest BCUT2D eigenvalue weighted by atomic mass is 10.1. The van der Waals surface area contributed by atoms with Crippen molar-refractivity contribution in [2.45, 2.75) is 0 Å². The van der Waals surface area contributed by atoms with Crippen molar-refractivity contribution in [2.24, 2.45) is 0 Å². The molecule has 0 spiro atoms. The number of nitrogens with zero attached hydrogens (tertiary/aromatic N) is 2. The molecule has 0 aliphatic heterocycles. The number of benzene rings is 2. The van der Waals surface area contributed by atoms with E-state index in [1.54, 1.807) is 17.2 Å². The lowest BCUT2D eigenvalue weighted by Gasteiger charge is -2.22. The predicted octanol–water partition coefficient (Wildman–Crippen LogP) is 3.64. The number of hydrogen-bond acceptors (Lipinski definition) is 3. The Morgan fingerprint density at radius 2 is 1.87 bits per heavy atom. The second-order valence-electron chi connectivity index (χ2n) is 5.10. The molecule has 3 aromatic rings. The highest BCUT2D eigenvalue weighted by molar-refractivity contribution is 9.10. The Bertz CT molecular complexity index is 851. The zero-order valence-corrected chi connectivity index (χ0v) is 13.9. The molecule has 3 rings (SSSR count). The molecule has 0 saturated heterocycles. The molecular weight excluding hydrogens is 356 g/mol. The Morgan fingerprint density at radius 1 is 1.09 bits per heavy atom. The third-order valence-corrected chi connectivity index (χ3v) is 4.00. The smallest absolute Gasteiger partial charge is 0.259 e. The van der Waals surface area contributed by atoms with Crippen LogP contribution >= 0.6 is 15.9 Å². The first-order valence-electron chi connectivity index (χ1n) is 7.21. The zero-order valence-electron chi connectivity index (χ0n) is 12.3. The predicted molar refractivity (Wildman–Crippen MR) is 94.6 cm³/mol. The van der Waals surface area contributed by atoms with E-state index in [9.17, 15) is 9.90 Å². The summed E-state index contributed by atoms with van der Waals surface area (Å²) in [6.45, 7) is 0.115. The SMILES string of the molecule is O=C(c1cncc(Br)c1)N(CCO)c1ccc2ccccc2c1. The molecule has 0 aliphatic carbocycles. The number of carbonyl (C=O) groups is 1. The van der Waals surface area contributed by atoms with Crippen LogP contribution in [0.2, 0.25) is 0 Å². The molecule has 0 fully saturated rings. The normalized spacial score (nSPS) is 10.7. The van der Waals surface area contributed by atoms with Crippen LogP contribution in [0, 0.1) is 0 Å². The Balaban J connectivity index is 2.01. The van der Waals surface area contributed by atoms with Gasteiger partial charge >= 0.3 is 0 Å². The van der Waals surface area contributed by atoms with Crippen molar-refractivity contribution in [3.05, 3.63) is 71.0 Å². The first kappa shape index (κ1) is 15.6. The summed E-state index contributed by atoms with van der Waals surface area (Å²) >= 11 is 3.32. The van der Waals surface area contributed by atoms with Crippen LogP contribution in [0.3, 0.4) is 0 Å². The van der Waals surface area contributed by atoms with Gasteiger partial charge in [0.1, 0.15) is 0 Å². The third-order valence-electron chi connectivity index (χ3n) is 3.57. The van der Waals surface area contributed by atoms with Gasteiger partial charge in [0.15, 0.2) is 0 Å². The maximum absolute atomic E-state index is 12.8. The lowest BCUT2D eigenvalue weighted by molar-refractivity contribution is 0.0980. The first-order valence-corrected chi connectivity index (χ1v) is 8.00. The van der Waals surface area contributed by atoms with Gasteiger partial charge in [0, 0.05) is 29.1 Å². The Labute approximate surface area is 142 Å². The van der Waals surface area contributed by atoms with Crippen LogP contribution in [-0.4, -0.2) is 29.1 Å². The van der Waals surface area contributed by atoms with Crippen molar-refractivity contribution in [1.82, 2.24) is 4.98 Å². The minimum atomic E-state index is -0.192. The third kappa shape index (κ3) is 3.41. The number of aliphatic hydroxyl groups excluding tert-OH is 1. The van der Waals surface area contributed by atoms with Crippen molar-refractivity contribution < 1.29 is 9.90 Å². The average Bonchev–Trinajstić information content (AvgIpc) is 2.58. The van der Waals surface area contributed by atoms with E-state index in [0.29, 0.717) is 5.56 Å². The van der Waals surface area contributed by atoms with Crippen molar-refractivity contribution in [3.63, 3.8) is 0 Å². The number of aliphatic hydroxyl groups is 1. The molecule has 5 heteroatoms. The molecule has 116 valence electrons. The number of hydrogen-bond donors (Lipinski definition) is 1. The fourth-order valence-corrected chi connectivity index (χ4v) is 2.84. The van der Waals surface area contributed by atoms with E-state index in [2.05, 4.69) is 20.9 Å². The van der Waals surface area contributed by atoms with E-state index in [1.165, 1.54) is 6.20 Å². The molecule has 0 bridgehead atoms. The number of fused-ring (bicyclic) bond motifs is 1. The van der Waals surface area contributed by atoms with Crippen LogP contribution in [0.4, 0.5) is 5.69 Å². The van der Waals surface area contributed by atoms with E-state index in [4.69, 9.17) is 0 Å². The number of pyridine rings is 1. The lowest BCUT2D eigenvalue weighted by Crippen LogP contribution is -2.33.